The van der Waals surface area contributed by atoms with E-state index in [1.54, 1.807) is 25.8 Å². The van der Waals surface area contributed by atoms with Gasteiger partial charge in [0.15, 0.2) is 0 Å². The van der Waals surface area contributed by atoms with Crippen molar-refractivity contribution in [2.45, 2.75) is 19.9 Å². The fraction of sp³-hybridized carbons (Fsp3) is 0.462. The van der Waals surface area contributed by atoms with Gasteiger partial charge < -0.3 is 5.11 Å². The van der Waals surface area contributed by atoms with Crippen molar-refractivity contribution in [2.24, 2.45) is 5.92 Å². The van der Waals surface area contributed by atoms with E-state index in [1.807, 2.05) is 0 Å². The Labute approximate surface area is 105 Å². The molecule has 18 heavy (non-hydrogen) atoms. The van der Waals surface area contributed by atoms with Crippen LogP contribution in [0.4, 0.5) is 8.78 Å². The second-order valence-corrected chi connectivity index (χ2v) is 4.52. The van der Waals surface area contributed by atoms with E-state index >= 15 is 0 Å². The van der Waals surface area contributed by atoms with Gasteiger partial charge in [0.2, 0.25) is 0 Å². The molecule has 100 valence electrons. The number of rotatable bonds is 5. The fourth-order valence-corrected chi connectivity index (χ4v) is 1.75. The summed E-state index contributed by atoms with van der Waals surface area (Å²) in [6.07, 6.45) is 0. The highest BCUT2D eigenvalue weighted by Gasteiger charge is 2.20. The molecule has 1 aromatic rings. The lowest BCUT2D eigenvalue weighted by Crippen LogP contribution is -2.31. The Bertz CT molecular complexity index is 437. The molecule has 0 aliphatic heterocycles. The number of nitrogens with zero attached hydrogens (tertiary/aromatic N) is 1. The van der Waals surface area contributed by atoms with Crippen LogP contribution in [-0.2, 0) is 4.79 Å². The minimum Gasteiger partial charge on any atom is -0.481 e. The van der Waals surface area contributed by atoms with E-state index < -0.39 is 23.5 Å². The van der Waals surface area contributed by atoms with Gasteiger partial charge in [0.25, 0.3) is 0 Å². The van der Waals surface area contributed by atoms with E-state index in [1.165, 1.54) is 12.1 Å². The molecule has 5 heteroatoms. The lowest BCUT2D eigenvalue weighted by molar-refractivity contribution is -0.141. The van der Waals surface area contributed by atoms with Gasteiger partial charge in [-0.2, -0.15) is 0 Å². The maximum atomic E-state index is 13.6. The summed E-state index contributed by atoms with van der Waals surface area (Å²) in [5.41, 5.74) is 0.358. The van der Waals surface area contributed by atoms with E-state index in [0.29, 0.717) is 12.1 Å². The van der Waals surface area contributed by atoms with Crippen LogP contribution < -0.4 is 0 Å². The Morgan fingerprint density at radius 2 is 2.00 bits per heavy atom. The Kier molecular flexibility index (Phi) is 4.78. The summed E-state index contributed by atoms with van der Waals surface area (Å²) in [7, 11) is 1.72. The molecule has 0 heterocycles. The Morgan fingerprint density at radius 1 is 1.39 bits per heavy atom. The quantitative estimate of drug-likeness (QED) is 0.881. The third kappa shape index (κ3) is 3.50. The van der Waals surface area contributed by atoms with Crippen LogP contribution in [0.5, 0.6) is 0 Å². The monoisotopic (exact) mass is 257 g/mol. The number of carboxylic acid groups (broad SMARTS) is 1. The molecule has 0 saturated carbocycles. The SMILES string of the molecule is CC(CN(C)C(C)c1ccc(F)cc1F)C(=O)O. The van der Waals surface area contributed by atoms with Crippen molar-refractivity contribution < 1.29 is 18.7 Å². The van der Waals surface area contributed by atoms with E-state index in [-0.39, 0.29) is 6.04 Å². The summed E-state index contributed by atoms with van der Waals surface area (Å²) in [6, 6.07) is 3.11. The van der Waals surface area contributed by atoms with Crippen molar-refractivity contribution in [3.05, 3.63) is 35.4 Å². The predicted molar refractivity (Wildman–Crippen MR) is 64.2 cm³/mol. The molecule has 0 radical (unpaired) electrons. The van der Waals surface area contributed by atoms with Crippen LogP contribution in [0, 0.1) is 17.6 Å². The molecule has 1 rings (SSSR count). The first-order chi connectivity index (χ1) is 8.32. The van der Waals surface area contributed by atoms with Crippen LogP contribution in [0.1, 0.15) is 25.5 Å². The molecule has 0 amide bonds. The van der Waals surface area contributed by atoms with Crippen LogP contribution >= 0.6 is 0 Å². The standard InChI is InChI=1S/C13H17F2NO2/c1-8(13(17)18)7-16(3)9(2)11-5-4-10(14)6-12(11)15/h4-6,8-9H,7H2,1-3H3,(H,17,18). The van der Waals surface area contributed by atoms with Gasteiger partial charge in [-0.05, 0) is 20.0 Å². The van der Waals surface area contributed by atoms with Crippen molar-refractivity contribution in [1.29, 1.82) is 0 Å². The number of hydrogen-bond acceptors (Lipinski definition) is 2. The number of carboxylic acids is 1. The maximum Gasteiger partial charge on any atom is 0.307 e. The van der Waals surface area contributed by atoms with Gasteiger partial charge in [-0.1, -0.05) is 13.0 Å². The summed E-state index contributed by atoms with van der Waals surface area (Å²) in [6.45, 7) is 3.64. The number of benzene rings is 1. The first kappa shape index (κ1) is 14.6. The minimum atomic E-state index is -0.895. The molecule has 0 aliphatic rings. The van der Waals surface area contributed by atoms with Gasteiger partial charge in [-0.3, -0.25) is 9.69 Å². The van der Waals surface area contributed by atoms with Crippen LogP contribution in [0.25, 0.3) is 0 Å². The van der Waals surface area contributed by atoms with E-state index in [0.717, 1.165) is 6.07 Å². The average Bonchev–Trinajstić information content (AvgIpc) is 2.27. The zero-order chi connectivity index (χ0) is 13.9. The molecule has 1 aromatic carbocycles. The number of carbonyl (C=O) groups is 1. The van der Waals surface area contributed by atoms with Crippen molar-refractivity contribution in [3.63, 3.8) is 0 Å². The zero-order valence-electron chi connectivity index (χ0n) is 10.7. The van der Waals surface area contributed by atoms with Crippen molar-refractivity contribution in [3.8, 4) is 0 Å². The molecule has 0 fully saturated rings. The summed E-state index contributed by atoms with van der Waals surface area (Å²) in [4.78, 5) is 12.5. The third-order valence-corrected chi connectivity index (χ3v) is 3.06. The first-order valence-corrected chi connectivity index (χ1v) is 5.71. The second kappa shape index (κ2) is 5.91. The molecular formula is C13H17F2NO2. The maximum absolute atomic E-state index is 13.6. The first-order valence-electron chi connectivity index (χ1n) is 5.71. The number of aliphatic carboxylic acids is 1. The van der Waals surface area contributed by atoms with Crippen LogP contribution in [0.3, 0.4) is 0 Å². The number of hydrogen-bond donors (Lipinski definition) is 1. The number of halogens is 2. The largest absolute Gasteiger partial charge is 0.481 e. The molecule has 0 bridgehead atoms. The minimum absolute atomic E-state index is 0.299. The topological polar surface area (TPSA) is 40.5 Å². The van der Waals surface area contributed by atoms with Crippen molar-refractivity contribution in [2.75, 3.05) is 13.6 Å². The molecule has 2 atom stereocenters. The van der Waals surface area contributed by atoms with Crippen LogP contribution in [-0.4, -0.2) is 29.6 Å². The molecule has 0 aromatic heterocycles. The Morgan fingerprint density at radius 3 is 2.50 bits per heavy atom. The molecule has 0 aliphatic carbocycles. The fourth-order valence-electron chi connectivity index (χ4n) is 1.75. The molecule has 3 nitrogen and oxygen atoms in total. The molecule has 2 unspecified atom stereocenters. The molecule has 0 saturated heterocycles. The lowest BCUT2D eigenvalue weighted by Gasteiger charge is -2.26. The molecular weight excluding hydrogens is 240 g/mol. The highest BCUT2D eigenvalue weighted by molar-refractivity contribution is 5.69. The highest BCUT2D eigenvalue weighted by Crippen LogP contribution is 2.23. The van der Waals surface area contributed by atoms with Gasteiger partial charge in [-0.25, -0.2) is 8.78 Å². The average molecular weight is 257 g/mol. The van der Waals surface area contributed by atoms with Crippen molar-refractivity contribution >= 4 is 5.97 Å². The smallest absolute Gasteiger partial charge is 0.307 e. The van der Waals surface area contributed by atoms with Crippen LogP contribution in [0.2, 0.25) is 0 Å². The molecule has 1 N–H and O–H groups in total. The summed E-state index contributed by atoms with van der Waals surface area (Å²) >= 11 is 0. The van der Waals surface area contributed by atoms with E-state index in [9.17, 15) is 13.6 Å². The predicted octanol–water partition coefficient (Wildman–Crippen LogP) is 2.68. The highest BCUT2D eigenvalue weighted by atomic mass is 19.1. The Hall–Kier alpha value is -1.49. The van der Waals surface area contributed by atoms with Gasteiger partial charge in [0.1, 0.15) is 11.6 Å². The third-order valence-electron chi connectivity index (χ3n) is 3.06. The van der Waals surface area contributed by atoms with Crippen molar-refractivity contribution in [1.82, 2.24) is 4.90 Å². The normalized spacial score (nSPS) is 14.6. The Balaban J connectivity index is 2.80. The van der Waals surface area contributed by atoms with E-state index in [2.05, 4.69) is 0 Å². The van der Waals surface area contributed by atoms with E-state index in [4.69, 9.17) is 5.11 Å². The van der Waals surface area contributed by atoms with Gasteiger partial charge in [-0.15, -0.1) is 0 Å². The lowest BCUT2D eigenvalue weighted by atomic mass is 10.0. The summed E-state index contributed by atoms with van der Waals surface area (Å²) < 4.78 is 26.4. The summed E-state index contributed by atoms with van der Waals surface area (Å²) in [5.74, 6) is -2.67. The zero-order valence-corrected chi connectivity index (χ0v) is 10.7. The van der Waals surface area contributed by atoms with Gasteiger partial charge >= 0.3 is 5.97 Å². The van der Waals surface area contributed by atoms with Gasteiger partial charge in [0.05, 0.1) is 5.92 Å². The molecule has 0 spiro atoms. The summed E-state index contributed by atoms with van der Waals surface area (Å²) in [5, 5.41) is 8.82. The van der Waals surface area contributed by atoms with Crippen LogP contribution in [0.15, 0.2) is 18.2 Å². The second-order valence-electron chi connectivity index (χ2n) is 4.52. The van der Waals surface area contributed by atoms with Gasteiger partial charge in [0, 0.05) is 24.2 Å².